The molecule has 1 rings (SSSR count). The molecule has 0 bridgehead atoms. The Morgan fingerprint density at radius 3 is 2.67 bits per heavy atom. The monoisotopic (exact) mass is 271 g/mol. The van der Waals surface area contributed by atoms with Crippen LogP contribution in [0.3, 0.4) is 0 Å². The van der Waals surface area contributed by atoms with Crippen LogP contribution < -0.4 is 5.32 Å². The van der Waals surface area contributed by atoms with E-state index in [1.807, 2.05) is 0 Å². The normalized spacial score (nSPS) is 14.7. The molecule has 1 aromatic heterocycles. The fourth-order valence-electron chi connectivity index (χ4n) is 2.17. The van der Waals surface area contributed by atoms with E-state index in [0.29, 0.717) is 11.8 Å². The number of hydrogen-bond donors (Lipinski definition) is 1. The van der Waals surface area contributed by atoms with E-state index in [0.717, 1.165) is 31.1 Å². The highest BCUT2D eigenvalue weighted by Crippen LogP contribution is 2.29. The Labute approximate surface area is 116 Å². The molecular weight excluding hydrogens is 246 g/mol. The molecule has 0 saturated carbocycles. The van der Waals surface area contributed by atoms with Gasteiger partial charge in [0.1, 0.15) is 0 Å². The first kappa shape index (κ1) is 15.5. The molecule has 104 valence electrons. The van der Waals surface area contributed by atoms with Crippen LogP contribution in [0.4, 0.5) is 0 Å². The largest absolute Gasteiger partial charge is 0.316 e. The van der Waals surface area contributed by atoms with Crippen molar-refractivity contribution < 1.29 is 0 Å². The van der Waals surface area contributed by atoms with Crippen molar-refractivity contribution >= 4 is 11.6 Å². The average Bonchev–Trinajstić information content (AvgIpc) is 2.70. The first-order chi connectivity index (χ1) is 8.61. The van der Waals surface area contributed by atoms with Gasteiger partial charge in [-0.25, -0.2) is 0 Å². The summed E-state index contributed by atoms with van der Waals surface area (Å²) in [6, 6.07) is 0. The number of halogens is 1. The number of aromatic nitrogens is 2. The van der Waals surface area contributed by atoms with E-state index in [1.165, 1.54) is 12.1 Å². The fraction of sp³-hybridized carbons (Fsp3) is 0.786. The van der Waals surface area contributed by atoms with Gasteiger partial charge in [-0.3, -0.25) is 4.68 Å². The lowest BCUT2D eigenvalue weighted by Gasteiger charge is -2.22. The van der Waals surface area contributed by atoms with E-state index in [1.54, 1.807) is 6.20 Å². The Hall–Kier alpha value is -0.540. The number of rotatable bonds is 8. The molecule has 2 atom stereocenters. The second-order valence-electron chi connectivity index (χ2n) is 5.07. The van der Waals surface area contributed by atoms with Crippen molar-refractivity contribution in [3.05, 3.63) is 16.9 Å². The number of nitrogens with zero attached hydrogens (tertiary/aromatic N) is 2. The van der Waals surface area contributed by atoms with Crippen LogP contribution >= 0.6 is 11.6 Å². The highest BCUT2D eigenvalue weighted by molar-refractivity contribution is 6.31. The highest BCUT2D eigenvalue weighted by Gasteiger charge is 2.21. The Morgan fingerprint density at radius 2 is 2.06 bits per heavy atom. The Balaban J connectivity index is 2.69. The van der Waals surface area contributed by atoms with Gasteiger partial charge in [0, 0.05) is 12.5 Å². The molecule has 3 nitrogen and oxygen atoms in total. The second-order valence-corrected chi connectivity index (χ2v) is 5.48. The maximum atomic E-state index is 6.28. The molecule has 18 heavy (non-hydrogen) atoms. The van der Waals surface area contributed by atoms with E-state index >= 15 is 0 Å². The van der Waals surface area contributed by atoms with Gasteiger partial charge < -0.3 is 5.32 Å². The first-order valence-corrected chi connectivity index (χ1v) is 7.41. The number of hydrogen-bond acceptors (Lipinski definition) is 2. The molecule has 0 spiro atoms. The Kier molecular flexibility index (Phi) is 6.72. The van der Waals surface area contributed by atoms with E-state index in [-0.39, 0.29) is 0 Å². The van der Waals surface area contributed by atoms with Gasteiger partial charge in [-0.05, 0) is 31.8 Å². The lowest BCUT2D eigenvalue weighted by atomic mass is 9.92. The van der Waals surface area contributed by atoms with Crippen molar-refractivity contribution in [2.45, 2.75) is 53.0 Å². The molecule has 0 radical (unpaired) electrons. The summed E-state index contributed by atoms with van der Waals surface area (Å²) in [5, 5.41) is 8.65. The third-order valence-corrected chi connectivity index (χ3v) is 3.74. The van der Waals surface area contributed by atoms with Gasteiger partial charge in [-0.1, -0.05) is 39.3 Å². The molecule has 1 heterocycles. The van der Waals surface area contributed by atoms with E-state index in [9.17, 15) is 0 Å². The summed E-state index contributed by atoms with van der Waals surface area (Å²) >= 11 is 6.28. The van der Waals surface area contributed by atoms with Crippen molar-refractivity contribution in [3.8, 4) is 0 Å². The summed E-state index contributed by atoms with van der Waals surface area (Å²) in [6.45, 7) is 11.9. The van der Waals surface area contributed by atoms with E-state index < -0.39 is 0 Å². The standard InChI is InChI=1S/C14H26ClN3/c1-5-7-16-9-11(3)12(4)14-13(15)10-17-18(14)8-6-2/h10-12,16H,5-9H2,1-4H3. The quantitative estimate of drug-likeness (QED) is 0.731. The molecule has 1 N–H and O–H groups in total. The predicted octanol–water partition coefficient (Wildman–Crippen LogP) is 3.69. The number of nitrogens with one attached hydrogen (secondary N) is 1. The van der Waals surface area contributed by atoms with E-state index in [4.69, 9.17) is 11.6 Å². The second kappa shape index (κ2) is 7.80. The third kappa shape index (κ3) is 3.99. The predicted molar refractivity (Wildman–Crippen MR) is 78.3 cm³/mol. The molecular formula is C14H26ClN3. The first-order valence-electron chi connectivity index (χ1n) is 7.03. The van der Waals surface area contributed by atoms with Gasteiger partial charge in [-0.15, -0.1) is 0 Å². The average molecular weight is 272 g/mol. The van der Waals surface area contributed by atoms with Crippen LogP contribution in [0.2, 0.25) is 5.02 Å². The van der Waals surface area contributed by atoms with Crippen LogP contribution in [0, 0.1) is 5.92 Å². The van der Waals surface area contributed by atoms with Gasteiger partial charge >= 0.3 is 0 Å². The maximum absolute atomic E-state index is 6.28. The van der Waals surface area contributed by atoms with Crippen LogP contribution in [0.1, 0.15) is 52.1 Å². The summed E-state index contributed by atoms with van der Waals surface area (Å²) < 4.78 is 2.06. The fourth-order valence-corrected chi connectivity index (χ4v) is 2.48. The summed E-state index contributed by atoms with van der Waals surface area (Å²) in [4.78, 5) is 0. The number of aryl methyl sites for hydroxylation is 1. The zero-order valence-corrected chi connectivity index (χ0v) is 12.8. The molecule has 0 saturated heterocycles. The lowest BCUT2D eigenvalue weighted by Crippen LogP contribution is -2.26. The molecule has 4 heteroatoms. The van der Waals surface area contributed by atoms with Crippen LogP contribution in [0.15, 0.2) is 6.20 Å². The zero-order valence-electron chi connectivity index (χ0n) is 12.0. The molecule has 0 aliphatic heterocycles. The summed E-state index contributed by atoms with van der Waals surface area (Å²) in [5.74, 6) is 0.984. The summed E-state index contributed by atoms with van der Waals surface area (Å²) in [5.41, 5.74) is 1.18. The molecule has 1 aromatic rings. The molecule has 0 aromatic carbocycles. The SMILES string of the molecule is CCCNCC(C)C(C)c1c(Cl)cnn1CCC. The molecule has 0 aliphatic carbocycles. The smallest absolute Gasteiger partial charge is 0.0820 e. The molecule has 2 unspecified atom stereocenters. The van der Waals surface area contributed by atoms with Gasteiger partial charge in [0.15, 0.2) is 0 Å². The van der Waals surface area contributed by atoms with Crippen molar-refractivity contribution in [1.82, 2.24) is 15.1 Å². The van der Waals surface area contributed by atoms with Crippen molar-refractivity contribution in [3.63, 3.8) is 0 Å². The van der Waals surface area contributed by atoms with Gasteiger partial charge in [0.25, 0.3) is 0 Å². The van der Waals surface area contributed by atoms with Gasteiger partial charge in [0.2, 0.25) is 0 Å². The van der Waals surface area contributed by atoms with Gasteiger partial charge in [0.05, 0.1) is 16.9 Å². The van der Waals surface area contributed by atoms with Crippen LogP contribution in [-0.4, -0.2) is 22.9 Å². The maximum Gasteiger partial charge on any atom is 0.0820 e. The minimum atomic E-state index is 0.427. The minimum absolute atomic E-state index is 0.427. The minimum Gasteiger partial charge on any atom is -0.316 e. The van der Waals surface area contributed by atoms with Crippen LogP contribution in [-0.2, 0) is 6.54 Å². The summed E-state index contributed by atoms with van der Waals surface area (Å²) in [6.07, 6.45) is 4.03. The van der Waals surface area contributed by atoms with Crippen molar-refractivity contribution in [2.75, 3.05) is 13.1 Å². The molecule has 0 fully saturated rings. The third-order valence-electron chi connectivity index (χ3n) is 3.45. The lowest BCUT2D eigenvalue weighted by molar-refractivity contribution is 0.419. The zero-order chi connectivity index (χ0) is 13.5. The molecule has 0 aliphatic rings. The molecule has 0 amide bonds. The summed E-state index contributed by atoms with van der Waals surface area (Å²) in [7, 11) is 0. The topological polar surface area (TPSA) is 29.9 Å². The Morgan fingerprint density at radius 1 is 1.33 bits per heavy atom. The van der Waals surface area contributed by atoms with Crippen molar-refractivity contribution in [2.24, 2.45) is 5.92 Å². The highest BCUT2D eigenvalue weighted by atomic mass is 35.5. The van der Waals surface area contributed by atoms with E-state index in [2.05, 4.69) is 42.8 Å². The van der Waals surface area contributed by atoms with Crippen LogP contribution in [0.25, 0.3) is 0 Å². The Bertz CT molecular complexity index is 349. The van der Waals surface area contributed by atoms with Crippen molar-refractivity contribution in [1.29, 1.82) is 0 Å². The van der Waals surface area contributed by atoms with Gasteiger partial charge in [-0.2, -0.15) is 5.10 Å². The van der Waals surface area contributed by atoms with Crippen LogP contribution in [0.5, 0.6) is 0 Å².